The first-order valence-corrected chi connectivity index (χ1v) is 9.10. The molecule has 0 aliphatic heterocycles. The summed E-state index contributed by atoms with van der Waals surface area (Å²) in [4.78, 5) is 16.8. The van der Waals surface area contributed by atoms with E-state index in [1.165, 1.54) is 18.9 Å². The number of H-pyrrole nitrogens is 1. The molecule has 9 heteroatoms. The van der Waals surface area contributed by atoms with Crippen LogP contribution in [0.2, 0.25) is 5.02 Å². The zero-order chi connectivity index (χ0) is 18.1. The minimum Gasteiger partial charge on any atom is -0.495 e. The Kier molecular flexibility index (Phi) is 4.44. The minimum absolute atomic E-state index is 0.183. The Bertz CT molecular complexity index is 1110. The number of hydrogen-bond acceptors (Lipinski definition) is 5. The number of imidazole rings is 1. The molecule has 0 radical (unpaired) electrons. The fourth-order valence-corrected chi connectivity index (χ4v) is 3.56. The highest BCUT2D eigenvalue weighted by Crippen LogP contribution is 2.28. The molecule has 0 aliphatic rings. The predicted molar refractivity (Wildman–Crippen MR) is 102 cm³/mol. The van der Waals surface area contributed by atoms with Gasteiger partial charge in [-0.15, -0.1) is 5.10 Å². The number of rotatable bonds is 5. The molecular formula is C17H14ClN5O2S. The van der Waals surface area contributed by atoms with E-state index in [1.807, 2.05) is 28.7 Å². The van der Waals surface area contributed by atoms with Crippen LogP contribution in [0.3, 0.4) is 0 Å². The second-order valence-electron chi connectivity index (χ2n) is 5.45. The predicted octanol–water partition coefficient (Wildman–Crippen LogP) is 3.60. The van der Waals surface area contributed by atoms with Crippen LogP contribution in [0.5, 0.6) is 5.75 Å². The fourth-order valence-electron chi connectivity index (χ4n) is 2.63. The van der Waals surface area contributed by atoms with Crippen molar-refractivity contribution in [2.45, 2.75) is 5.16 Å². The fraction of sp³-hybridized carbons (Fsp3) is 0.118. The quantitative estimate of drug-likeness (QED) is 0.511. The number of hydrogen-bond donors (Lipinski definition) is 2. The van der Waals surface area contributed by atoms with Crippen LogP contribution in [-0.4, -0.2) is 38.4 Å². The zero-order valence-corrected chi connectivity index (χ0v) is 15.3. The number of carbonyl (C=O) groups excluding carboxylic acids is 1. The van der Waals surface area contributed by atoms with E-state index in [2.05, 4.69) is 20.5 Å². The van der Waals surface area contributed by atoms with Crippen LogP contribution in [0.15, 0.2) is 47.6 Å². The van der Waals surface area contributed by atoms with E-state index in [9.17, 15) is 4.79 Å². The summed E-state index contributed by atoms with van der Waals surface area (Å²) in [6, 6.07) is 12.8. The first-order valence-electron chi connectivity index (χ1n) is 7.73. The first-order chi connectivity index (χ1) is 12.7. The molecule has 0 bridgehead atoms. The standard InChI is InChI=1S/C17H14ClN5O2S/c1-25-14-7-6-10(18)8-12(14)19-15(24)9-26-17-22-21-16-20-11-4-2-3-5-13(11)23(16)17/h2-8H,9H2,1H3,(H,19,24)(H,20,21). The molecule has 2 heterocycles. The Morgan fingerprint density at radius 1 is 1.35 bits per heavy atom. The number of nitrogens with zero attached hydrogens (tertiary/aromatic N) is 3. The highest BCUT2D eigenvalue weighted by molar-refractivity contribution is 7.99. The maximum Gasteiger partial charge on any atom is 0.234 e. The van der Waals surface area contributed by atoms with E-state index >= 15 is 0 Å². The summed E-state index contributed by atoms with van der Waals surface area (Å²) in [5.41, 5.74) is 2.35. The van der Waals surface area contributed by atoms with Gasteiger partial charge in [0.2, 0.25) is 11.7 Å². The van der Waals surface area contributed by atoms with Crippen LogP contribution in [-0.2, 0) is 4.79 Å². The first kappa shape index (κ1) is 16.7. The summed E-state index contributed by atoms with van der Waals surface area (Å²) < 4.78 is 7.13. The van der Waals surface area contributed by atoms with Crippen molar-refractivity contribution >= 4 is 51.8 Å². The van der Waals surface area contributed by atoms with Crippen molar-refractivity contribution < 1.29 is 9.53 Å². The molecular weight excluding hydrogens is 374 g/mol. The normalized spacial score (nSPS) is 11.2. The van der Waals surface area contributed by atoms with Crippen LogP contribution in [0.25, 0.3) is 16.8 Å². The smallest absolute Gasteiger partial charge is 0.234 e. The molecule has 0 fully saturated rings. The second kappa shape index (κ2) is 6.89. The maximum absolute atomic E-state index is 12.3. The molecule has 0 spiro atoms. The van der Waals surface area contributed by atoms with Crippen molar-refractivity contribution in [3.63, 3.8) is 0 Å². The van der Waals surface area contributed by atoms with Crippen molar-refractivity contribution in [3.8, 4) is 5.75 Å². The van der Waals surface area contributed by atoms with Gasteiger partial charge in [-0.2, -0.15) is 0 Å². The van der Waals surface area contributed by atoms with E-state index in [4.69, 9.17) is 16.3 Å². The number of anilines is 1. The number of aromatic nitrogens is 4. The third-order valence-corrected chi connectivity index (χ3v) is 4.95. The Morgan fingerprint density at radius 2 is 2.19 bits per heavy atom. The highest BCUT2D eigenvalue weighted by atomic mass is 35.5. The number of ether oxygens (including phenoxy) is 1. The molecule has 4 rings (SSSR count). The van der Waals surface area contributed by atoms with Gasteiger partial charge in [0.1, 0.15) is 5.75 Å². The lowest BCUT2D eigenvalue weighted by atomic mass is 10.3. The summed E-state index contributed by atoms with van der Waals surface area (Å²) in [7, 11) is 1.54. The third kappa shape index (κ3) is 3.09. The van der Waals surface area contributed by atoms with Crippen LogP contribution < -0.4 is 10.1 Å². The average Bonchev–Trinajstić information content (AvgIpc) is 3.19. The summed E-state index contributed by atoms with van der Waals surface area (Å²) >= 11 is 7.30. The van der Waals surface area contributed by atoms with Gasteiger partial charge in [0.25, 0.3) is 0 Å². The Labute approximate surface area is 157 Å². The van der Waals surface area contributed by atoms with Gasteiger partial charge in [-0.1, -0.05) is 35.5 Å². The maximum atomic E-state index is 12.3. The van der Waals surface area contributed by atoms with Gasteiger partial charge in [0.15, 0.2) is 5.16 Å². The summed E-state index contributed by atoms with van der Waals surface area (Å²) in [5.74, 6) is 1.19. The molecule has 7 nitrogen and oxygen atoms in total. The number of aromatic amines is 1. The van der Waals surface area contributed by atoms with E-state index < -0.39 is 0 Å². The molecule has 2 aromatic heterocycles. The summed E-state index contributed by atoms with van der Waals surface area (Å²) in [5, 5.41) is 11.1. The van der Waals surface area contributed by atoms with Gasteiger partial charge in [-0.05, 0) is 30.3 Å². The van der Waals surface area contributed by atoms with Crippen LogP contribution in [0, 0.1) is 0 Å². The van der Waals surface area contributed by atoms with E-state index in [1.54, 1.807) is 18.2 Å². The van der Waals surface area contributed by atoms with E-state index in [0.29, 0.717) is 27.4 Å². The molecule has 132 valence electrons. The van der Waals surface area contributed by atoms with Gasteiger partial charge in [0.05, 0.1) is 29.6 Å². The van der Waals surface area contributed by atoms with Crippen molar-refractivity contribution in [1.29, 1.82) is 0 Å². The lowest BCUT2D eigenvalue weighted by molar-refractivity contribution is -0.113. The molecule has 1 amide bonds. The number of para-hydroxylation sites is 2. The van der Waals surface area contributed by atoms with Crippen molar-refractivity contribution in [2.75, 3.05) is 18.2 Å². The van der Waals surface area contributed by atoms with Crippen LogP contribution in [0.4, 0.5) is 5.69 Å². The molecule has 26 heavy (non-hydrogen) atoms. The summed E-state index contributed by atoms with van der Waals surface area (Å²) in [6.07, 6.45) is 0. The lowest BCUT2D eigenvalue weighted by Crippen LogP contribution is -2.15. The van der Waals surface area contributed by atoms with Crippen molar-refractivity contribution in [2.24, 2.45) is 0 Å². The van der Waals surface area contributed by atoms with Crippen molar-refractivity contribution in [1.82, 2.24) is 19.6 Å². The number of methoxy groups -OCH3 is 1. The Balaban J connectivity index is 1.52. The molecule has 2 aromatic carbocycles. The van der Waals surface area contributed by atoms with Gasteiger partial charge >= 0.3 is 0 Å². The third-order valence-electron chi connectivity index (χ3n) is 3.77. The molecule has 0 saturated heterocycles. The molecule has 2 N–H and O–H groups in total. The summed E-state index contributed by atoms with van der Waals surface area (Å²) in [6.45, 7) is 0. The van der Waals surface area contributed by atoms with Gasteiger partial charge in [-0.3, -0.25) is 9.20 Å². The minimum atomic E-state index is -0.184. The van der Waals surface area contributed by atoms with Crippen molar-refractivity contribution in [3.05, 3.63) is 47.5 Å². The van der Waals surface area contributed by atoms with E-state index in [0.717, 1.165) is 11.0 Å². The largest absolute Gasteiger partial charge is 0.495 e. The number of carbonyl (C=O) groups is 1. The topological polar surface area (TPSA) is 84.3 Å². The number of benzene rings is 2. The SMILES string of the molecule is COc1ccc(Cl)cc1NC(=O)CSc1n[nH]c2nc3ccccc3n12. The van der Waals surface area contributed by atoms with Crippen LogP contribution >= 0.6 is 23.4 Å². The molecule has 4 aromatic rings. The number of thioether (sulfide) groups is 1. The molecule has 0 saturated carbocycles. The molecule has 0 atom stereocenters. The Hall–Kier alpha value is -2.71. The van der Waals surface area contributed by atoms with E-state index in [-0.39, 0.29) is 11.7 Å². The molecule has 0 aliphatic carbocycles. The van der Waals surface area contributed by atoms with Gasteiger partial charge in [-0.25, -0.2) is 10.1 Å². The second-order valence-corrected chi connectivity index (χ2v) is 6.83. The number of amides is 1. The highest BCUT2D eigenvalue weighted by Gasteiger charge is 2.14. The van der Waals surface area contributed by atoms with Crippen LogP contribution in [0.1, 0.15) is 0 Å². The zero-order valence-electron chi connectivity index (χ0n) is 13.7. The van der Waals surface area contributed by atoms with Gasteiger partial charge in [0, 0.05) is 5.02 Å². The van der Waals surface area contributed by atoms with Gasteiger partial charge < -0.3 is 10.1 Å². The number of fused-ring (bicyclic) bond motifs is 3. The molecule has 0 unspecified atom stereocenters. The number of halogens is 1. The lowest BCUT2D eigenvalue weighted by Gasteiger charge is -2.10. The Morgan fingerprint density at radius 3 is 3.04 bits per heavy atom. The monoisotopic (exact) mass is 387 g/mol. The average molecular weight is 388 g/mol. The number of nitrogens with one attached hydrogen (secondary N) is 2.